The molecule has 0 fully saturated rings. The molecule has 1 N–H and O–H groups in total. The van der Waals surface area contributed by atoms with Gasteiger partial charge in [0.2, 0.25) is 6.79 Å². The number of aromatic hydroxyl groups is 1. The number of hydrogen-bond donors (Lipinski definition) is 1. The third kappa shape index (κ3) is 4.19. The summed E-state index contributed by atoms with van der Waals surface area (Å²) in [5.74, 6) is -0.863. The van der Waals surface area contributed by atoms with E-state index in [4.69, 9.17) is 9.47 Å². The highest BCUT2D eigenvalue weighted by Gasteiger charge is 2.42. The van der Waals surface area contributed by atoms with Gasteiger partial charge in [-0.15, -0.1) is 0 Å². The number of carbonyl (C=O) groups excluding carboxylic acids is 1. The van der Waals surface area contributed by atoms with Crippen LogP contribution in [-0.2, 0) is 17.8 Å². The van der Waals surface area contributed by atoms with Gasteiger partial charge in [-0.05, 0) is 41.8 Å². The molecule has 1 amide bonds. The number of phenols is 1. The van der Waals surface area contributed by atoms with E-state index in [0.717, 1.165) is 4.90 Å². The van der Waals surface area contributed by atoms with Gasteiger partial charge in [0, 0.05) is 13.1 Å². The Bertz CT molecular complexity index is 790. The van der Waals surface area contributed by atoms with Crippen molar-refractivity contribution in [1.82, 2.24) is 4.90 Å². The lowest BCUT2D eigenvalue weighted by Crippen LogP contribution is -2.41. The molecule has 0 radical (unpaired) electrons. The van der Waals surface area contributed by atoms with Gasteiger partial charge in [-0.2, -0.15) is 13.2 Å². The highest BCUT2D eigenvalue weighted by atomic mass is 19.4. The van der Waals surface area contributed by atoms with Crippen molar-refractivity contribution in [2.45, 2.75) is 19.1 Å². The summed E-state index contributed by atoms with van der Waals surface area (Å²) in [4.78, 5) is 12.5. The van der Waals surface area contributed by atoms with Crippen LogP contribution in [0.25, 0.3) is 0 Å². The van der Waals surface area contributed by atoms with Gasteiger partial charge in [0.25, 0.3) is 0 Å². The maximum Gasteiger partial charge on any atom is 0.471 e. The molecule has 8 heteroatoms. The van der Waals surface area contributed by atoms with Crippen LogP contribution in [0.3, 0.4) is 0 Å². The molecular weight excluding hydrogens is 351 g/mol. The summed E-state index contributed by atoms with van der Waals surface area (Å²) in [6.45, 7) is -0.255. The number of halogens is 3. The standard InChI is InChI=1S/C18H16F3NO4/c19-18(20,21)17(24)22(8-7-12-1-4-14(23)5-2-12)10-13-3-6-15-16(9-13)26-11-25-15/h1-6,9,23H,7-8,10-11H2. The van der Waals surface area contributed by atoms with Crippen molar-refractivity contribution < 1.29 is 32.5 Å². The van der Waals surface area contributed by atoms with Gasteiger partial charge < -0.3 is 19.5 Å². The normalized spacial score (nSPS) is 12.9. The second-order valence-electron chi connectivity index (χ2n) is 5.83. The number of hydrogen-bond acceptors (Lipinski definition) is 4. The lowest BCUT2D eigenvalue weighted by Gasteiger charge is -2.24. The Hall–Kier alpha value is -2.90. The van der Waals surface area contributed by atoms with Crippen LogP contribution >= 0.6 is 0 Å². The van der Waals surface area contributed by atoms with E-state index in [2.05, 4.69) is 0 Å². The summed E-state index contributed by atoms with van der Waals surface area (Å²) in [5.41, 5.74) is 1.23. The molecule has 2 aromatic carbocycles. The number of ether oxygens (including phenoxy) is 2. The number of rotatable bonds is 5. The van der Waals surface area contributed by atoms with E-state index in [1.165, 1.54) is 12.1 Å². The predicted molar refractivity (Wildman–Crippen MR) is 85.8 cm³/mol. The number of carbonyl (C=O) groups is 1. The van der Waals surface area contributed by atoms with Gasteiger partial charge in [0.15, 0.2) is 11.5 Å². The number of fused-ring (bicyclic) bond motifs is 1. The van der Waals surface area contributed by atoms with Gasteiger partial charge in [-0.25, -0.2) is 0 Å². The van der Waals surface area contributed by atoms with Gasteiger partial charge in [-0.3, -0.25) is 4.79 Å². The van der Waals surface area contributed by atoms with E-state index in [9.17, 15) is 23.1 Å². The number of alkyl halides is 3. The van der Waals surface area contributed by atoms with Crippen LogP contribution < -0.4 is 9.47 Å². The Morgan fingerprint density at radius 3 is 2.38 bits per heavy atom. The SMILES string of the molecule is O=C(N(CCc1ccc(O)cc1)Cc1ccc2c(c1)OCO2)C(F)(F)F. The summed E-state index contributed by atoms with van der Waals surface area (Å²) in [5, 5.41) is 9.27. The van der Waals surface area contributed by atoms with Gasteiger partial charge in [0.05, 0.1) is 0 Å². The number of benzene rings is 2. The van der Waals surface area contributed by atoms with Crippen LogP contribution in [0, 0.1) is 0 Å². The molecule has 0 unspecified atom stereocenters. The van der Waals surface area contributed by atoms with E-state index in [1.54, 1.807) is 30.3 Å². The van der Waals surface area contributed by atoms with Crippen LogP contribution in [0.2, 0.25) is 0 Å². The molecule has 0 aromatic heterocycles. The smallest absolute Gasteiger partial charge is 0.471 e. The zero-order valence-electron chi connectivity index (χ0n) is 13.6. The van der Waals surface area contributed by atoms with Gasteiger partial charge >= 0.3 is 12.1 Å². The van der Waals surface area contributed by atoms with Crippen LogP contribution in [0.1, 0.15) is 11.1 Å². The average Bonchev–Trinajstić information content (AvgIpc) is 3.06. The largest absolute Gasteiger partial charge is 0.508 e. The number of nitrogens with zero attached hydrogens (tertiary/aromatic N) is 1. The summed E-state index contributed by atoms with van der Waals surface area (Å²) >= 11 is 0. The molecule has 1 aliphatic rings. The molecule has 1 heterocycles. The predicted octanol–water partition coefficient (Wildman–Crippen LogP) is 3.25. The first kappa shape index (κ1) is 17.9. The van der Waals surface area contributed by atoms with Crippen LogP contribution in [0.4, 0.5) is 13.2 Å². The van der Waals surface area contributed by atoms with Crippen LogP contribution in [-0.4, -0.2) is 35.4 Å². The fourth-order valence-electron chi connectivity index (χ4n) is 2.62. The molecule has 2 aromatic rings. The minimum Gasteiger partial charge on any atom is -0.508 e. The molecule has 0 saturated heterocycles. The molecule has 0 atom stereocenters. The first-order valence-electron chi connectivity index (χ1n) is 7.85. The zero-order valence-corrected chi connectivity index (χ0v) is 13.6. The maximum absolute atomic E-state index is 12.9. The van der Waals surface area contributed by atoms with E-state index < -0.39 is 12.1 Å². The lowest BCUT2D eigenvalue weighted by molar-refractivity contribution is -0.186. The summed E-state index contributed by atoms with van der Waals surface area (Å²) < 4.78 is 49.2. The fourth-order valence-corrected chi connectivity index (χ4v) is 2.62. The third-order valence-corrected chi connectivity index (χ3v) is 3.95. The van der Waals surface area contributed by atoms with E-state index in [1.807, 2.05) is 0 Å². The quantitative estimate of drug-likeness (QED) is 0.881. The fraction of sp³-hybridized carbons (Fsp3) is 0.278. The molecule has 0 spiro atoms. The molecule has 1 aliphatic heterocycles. The van der Waals surface area contributed by atoms with Gasteiger partial charge in [0.1, 0.15) is 5.75 Å². The van der Waals surface area contributed by atoms with Crippen molar-refractivity contribution in [3.05, 3.63) is 53.6 Å². The molecule has 0 saturated carbocycles. The summed E-state index contributed by atoms with van der Waals surface area (Å²) in [7, 11) is 0. The van der Waals surface area contributed by atoms with Crippen molar-refractivity contribution in [2.75, 3.05) is 13.3 Å². The first-order chi connectivity index (χ1) is 12.3. The number of amides is 1. The van der Waals surface area contributed by atoms with Crippen LogP contribution in [0.5, 0.6) is 17.2 Å². The Morgan fingerprint density at radius 2 is 1.69 bits per heavy atom. The zero-order chi connectivity index (χ0) is 18.7. The minimum absolute atomic E-state index is 0.0604. The topological polar surface area (TPSA) is 59.0 Å². The Labute approximate surface area is 147 Å². The Morgan fingerprint density at radius 1 is 1.04 bits per heavy atom. The second kappa shape index (κ2) is 7.15. The van der Waals surface area contributed by atoms with E-state index >= 15 is 0 Å². The van der Waals surface area contributed by atoms with E-state index in [0.29, 0.717) is 22.6 Å². The van der Waals surface area contributed by atoms with Crippen molar-refractivity contribution >= 4 is 5.91 Å². The van der Waals surface area contributed by atoms with Crippen molar-refractivity contribution in [1.29, 1.82) is 0 Å². The molecular formula is C18H16F3NO4. The van der Waals surface area contributed by atoms with Crippen LogP contribution in [0.15, 0.2) is 42.5 Å². The van der Waals surface area contributed by atoms with Crippen molar-refractivity contribution in [3.8, 4) is 17.2 Å². The van der Waals surface area contributed by atoms with Crippen molar-refractivity contribution in [2.24, 2.45) is 0 Å². The lowest BCUT2D eigenvalue weighted by atomic mass is 10.1. The molecule has 3 rings (SSSR count). The first-order valence-corrected chi connectivity index (χ1v) is 7.85. The molecule has 0 bridgehead atoms. The highest BCUT2D eigenvalue weighted by molar-refractivity contribution is 5.81. The minimum atomic E-state index is -4.95. The Balaban J connectivity index is 1.74. The average molecular weight is 367 g/mol. The third-order valence-electron chi connectivity index (χ3n) is 3.95. The maximum atomic E-state index is 12.9. The monoisotopic (exact) mass is 367 g/mol. The Kier molecular flexibility index (Phi) is 4.92. The second-order valence-corrected chi connectivity index (χ2v) is 5.83. The number of phenolic OH excluding ortho intramolecular Hbond substituents is 1. The summed E-state index contributed by atoms with van der Waals surface area (Å²) in [6, 6.07) is 10.9. The molecule has 138 valence electrons. The molecule has 0 aliphatic carbocycles. The molecule has 5 nitrogen and oxygen atoms in total. The van der Waals surface area contributed by atoms with E-state index in [-0.39, 0.29) is 32.1 Å². The molecule has 26 heavy (non-hydrogen) atoms. The summed E-state index contributed by atoms with van der Waals surface area (Å²) in [6.07, 6.45) is -4.72. The van der Waals surface area contributed by atoms with Gasteiger partial charge in [-0.1, -0.05) is 18.2 Å². The highest BCUT2D eigenvalue weighted by Crippen LogP contribution is 2.33. The van der Waals surface area contributed by atoms with Crippen molar-refractivity contribution in [3.63, 3.8) is 0 Å².